The van der Waals surface area contributed by atoms with Crippen LogP contribution in [0, 0.1) is 13.8 Å². The van der Waals surface area contributed by atoms with Crippen LogP contribution in [0.4, 0.5) is 5.82 Å². The topological polar surface area (TPSA) is 125 Å². The molecule has 166 valence electrons. The zero-order chi connectivity index (χ0) is 22.3. The van der Waals surface area contributed by atoms with Crippen LogP contribution in [0.15, 0.2) is 51.9 Å². The summed E-state index contributed by atoms with van der Waals surface area (Å²) in [6.45, 7) is 4.59. The van der Waals surface area contributed by atoms with E-state index in [2.05, 4.69) is 25.0 Å². The van der Waals surface area contributed by atoms with Crippen molar-refractivity contribution in [1.82, 2.24) is 29.7 Å². The van der Waals surface area contributed by atoms with E-state index in [1.54, 1.807) is 18.4 Å². The molecule has 5 rings (SSSR count). The van der Waals surface area contributed by atoms with Gasteiger partial charge in [0.25, 0.3) is 0 Å². The van der Waals surface area contributed by atoms with Gasteiger partial charge in [-0.1, -0.05) is 39.7 Å². The number of hydrogen-bond acceptors (Lipinski definition) is 8. The van der Waals surface area contributed by atoms with Crippen LogP contribution in [0.2, 0.25) is 0 Å². The lowest BCUT2D eigenvalue weighted by molar-refractivity contribution is 0.387. The molecule has 0 spiro atoms. The minimum absolute atomic E-state index is 0.132. The number of benzene rings is 1. The maximum absolute atomic E-state index is 12.8. The number of hydrogen-bond donors (Lipinski definition) is 1. The molecule has 0 saturated carbocycles. The smallest absolute Gasteiger partial charge is 0.240 e. The van der Waals surface area contributed by atoms with E-state index >= 15 is 0 Å². The Bertz CT molecular complexity index is 1280. The summed E-state index contributed by atoms with van der Waals surface area (Å²) in [5.74, 6) is 1.79. The van der Waals surface area contributed by atoms with Gasteiger partial charge in [0, 0.05) is 25.6 Å². The van der Waals surface area contributed by atoms with Crippen LogP contribution in [-0.4, -0.2) is 48.7 Å². The van der Waals surface area contributed by atoms with Crippen LogP contribution in [0.5, 0.6) is 0 Å². The summed E-state index contributed by atoms with van der Waals surface area (Å²) in [6.07, 6.45) is 1.33. The molecule has 3 aromatic heterocycles. The van der Waals surface area contributed by atoms with Gasteiger partial charge in [0.1, 0.15) is 11.5 Å². The number of nitrogens with one attached hydrogen (secondary N) is 1. The second kappa shape index (κ2) is 8.08. The molecule has 32 heavy (non-hydrogen) atoms. The normalized spacial score (nSPS) is 17.0. The van der Waals surface area contributed by atoms with Crippen molar-refractivity contribution in [3.8, 4) is 11.4 Å². The standard InChI is InChI=1S/C21H23N7O3S/c1-14-20(15(2)31-25-14)32(29,30)26-17-10-12-27(13-11-17)19-9-8-18-22-23-21(28(18)24-19)16-6-4-3-5-7-16/h3-9,17H,10-13H2,1-2H3,(H-,26,29,30). The molecule has 1 saturated heterocycles. The number of aryl methyl sites for hydroxylation is 2. The average molecular weight is 454 g/mol. The van der Waals surface area contributed by atoms with Crippen molar-refractivity contribution in [3.63, 3.8) is 0 Å². The van der Waals surface area contributed by atoms with Crippen LogP contribution in [0.1, 0.15) is 24.3 Å². The predicted octanol–water partition coefficient (Wildman–Crippen LogP) is 2.56. The SMILES string of the molecule is Cc1noc(C)c1[S+](=O)([O-])NC1CCN(c2ccc3nnc(-c4ccccc4)n3n2)CC1. The summed E-state index contributed by atoms with van der Waals surface area (Å²) < 4.78 is 35.2. The average Bonchev–Trinajstić information content (AvgIpc) is 3.37. The highest BCUT2D eigenvalue weighted by Gasteiger charge is 2.34. The lowest BCUT2D eigenvalue weighted by Gasteiger charge is -2.33. The number of piperidine rings is 1. The first-order valence-corrected chi connectivity index (χ1v) is 11.9. The Kier molecular flexibility index (Phi) is 5.24. The maximum Gasteiger partial charge on any atom is 0.240 e. The molecule has 1 unspecified atom stereocenters. The van der Waals surface area contributed by atoms with Gasteiger partial charge in [-0.3, -0.25) is 0 Å². The van der Waals surface area contributed by atoms with Crippen LogP contribution in [0.3, 0.4) is 0 Å². The Morgan fingerprint density at radius 2 is 1.84 bits per heavy atom. The highest BCUT2D eigenvalue weighted by Crippen LogP contribution is 2.26. The Hall–Kier alpha value is -3.15. The molecule has 1 aromatic carbocycles. The van der Waals surface area contributed by atoms with E-state index in [9.17, 15) is 8.76 Å². The van der Waals surface area contributed by atoms with E-state index in [4.69, 9.17) is 9.62 Å². The van der Waals surface area contributed by atoms with Crippen molar-refractivity contribution >= 4 is 21.9 Å². The molecule has 0 radical (unpaired) electrons. The third-order valence-electron chi connectivity index (χ3n) is 5.66. The highest BCUT2D eigenvalue weighted by molar-refractivity contribution is 7.95. The van der Waals surface area contributed by atoms with Gasteiger partial charge in [-0.2, -0.15) is 4.52 Å². The van der Waals surface area contributed by atoms with Gasteiger partial charge in [-0.15, -0.1) is 20.0 Å². The van der Waals surface area contributed by atoms with Crippen molar-refractivity contribution in [3.05, 3.63) is 53.9 Å². The largest absolute Gasteiger partial charge is 0.593 e. The maximum atomic E-state index is 12.8. The molecule has 1 fully saturated rings. The zero-order valence-electron chi connectivity index (χ0n) is 17.8. The van der Waals surface area contributed by atoms with E-state index in [0.29, 0.717) is 48.9 Å². The van der Waals surface area contributed by atoms with Crippen molar-refractivity contribution in [2.45, 2.75) is 37.6 Å². The van der Waals surface area contributed by atoms with Crippen LogP contribution < -0.4 is 9.62 Å². The summed E-state index contributed by atoms with van der Waals surface area (Å²) in [4.78, 5) is 2.28. The van der Waals surface area contributed by atoms with Crippen LogP contribution >= 0.6 is 0 Å². The first kappa shape index (κ1) is 20.7. The van der Waals surface area contributed by atoms with Crippen molar-refractivity contribution in [2.24, 2.45) is 0 Å². The molecular weight excluding hydrogens is 430 g/mol. The number of sulfonamides is 1. The van der Waals surface area contributed by atoms with Gasteiger partial charge < -0.3 is 14.0 Å². The third kappa shape index (κ3) is 3.78. The fraction of sp³-hybridized carbons (Fsp3) is 0.333. The minimum atomic E-state index is -3.68. The number of rotatable bonds is 5. The van der Waals surface area contributed by atoms with E-state index < -0.39 is 10.4 Å². The molecule has 0 amide bonds. The molecule has 0 aliphatic carbocycles. The summed E-state index contributed by atoms with van der Waals surface area (Å²) in [6, 6.07) is 13.5. The van der Waals surface area contributed by atoms with Crippen molar-refractivity contribution < 1.29 is 13.3 Å². The Morgan fingerprint density at radius 3 is 2.53 bits per heavy atom. The summed E-state index contributed by atoms with van der Waals surface area (Å²) >= 11 is 0. The molecule has 0 bridgehead atoms. The molecular formula is C21H23N7O3S. The molecule has 1 aliphatic heterocycles. The minimum Gasteiger partial charge on any atom is -0.593 e. The number of aromatic nitrogens is 5. The van der Waals surface area contributed by atoms with E-state index in [1.807, 2.05) is 42.5 Å². The molecule has 1 atom stereocenters. The quantitative estimate of drug-likeness (QED) is 0.457. The first-order valence-electron chi connectivity index (χ1n) is 10.4. The Balaban J connectivity index is 1.31. The van der Waals surface area contributed by atoms with Crippen molar-refractivity contribution in [1.29, 1.82) is 0 Å². The lowest BCUT2D eigenvalue weighted by atomic mass is 10.1. The first-order chi connectivity index (χ1) is 15.4. The number of anilines is 1. The second-order valence-corrected chi connectivity index (χ2v) is 9.54. The summed E-state index contributed by atoms with van der Waals surface area (Å²) in [7, 11) is -3.68. The van der Waals surface area contributed by atoms with Gasteiger partial charge >= 0.3 is 0 Å². The zero-order valence-corrected chi connectivity index (χ0v) is 18.6. The van der Waals surface area contributed by atoms with Gasteiger partial charge in [-0.05, 0) is 31.9 Å². The number of nitrogens with zero attached hydrogens (tertiary/aromatic N) is 6. The number of fused-ring (bicyclic) bond motifs is 1. The monoisotopic (exact) mass is 453 g/mol. The lowest BCUT2D eigenvalue weighted by Crippen LogP contribution is -2.47. The van der Waals surface area contributed by atoms with E-state index in [1.165, 1.54) is 0 Å². The molecule has 10 nitrogen and oxygen atoms in total. The predicted molar refractivity (Wildman–Crippen MR) is 118 cm³/mol. The van der Waals surface area contributed by atoms with E-state index in [0.717, 1.165) is 11.4 Å². The fourth-order valence-corrected chi connectivity index (χ4v) is 5.71. The van der Waals surface area contributed by atoms with Gasteiger partial charge in [0.15, 0.2) is 27.6 Å². The summed E-state index contributed by atoms with van der Waals surface area (Å²) in [5, 5.41) is 17.0. The van der Waals surface area contributed by atoms with Gasteiger partial charge in [-0.25, -0.2) is 0 Å². The van der Waals surface area contributed by atoms with E-state index in [-0.39, 0.29) is 10.9 Å². The second-order valence-electron chi connectivity index (χ2n) is 7.89. The fourth-order valence-electron chi connectivity index (χ4n) is 4.08. The molecule has 1 N–H and O–H groups in total. The summed E-state index contributed by atoms with van der Waals surface area (Å²) in [5.41, 5.74) is 1.99. The third-order valence-corrected chi connectivity index (χ3v) is 7.42. The van der Waals surface area contributed by atoms with Crippen LogP contribution in [-0.2, 0) is 14.6 Å². The molecule has 1 aliphatic rings. The van der Waals surface area contributed by atoms with Crippen LogP contribution in [0.25, 0.3) is 17.0 Å². The van der Waals surface area contributed by atoms with Crippen molar-refractivity contribution in [2.75, 3.05) is 18.0 Å². The van der Waals surface area contributed by atoms with Gasteiger partial charge in [0.05, 0.1) is 6.04 Å². The molecule has 4 aromatic rings. The Morgan fingerprint density at radius 1 is 1.09 bits per heavy atom. The van der Waals surface area contributed by atoms with Gasteiger partial charge in [0.2, 0.25) is 4.90 Å². The molecule has 11 heteroatoms. The highest BCUT2D eigenvalue weighted by atomic mass is 32.3. The Labute approximate surface area is 186 Å². The molecule has 4 heterocycles.